The average molecular weight is 361 g/mol. The zero-order valence-corrected chi connectivity index (χ0v) is 13.0. The molecule has 2 heterocycles. The van der Waals surface area contributed by atoms with Gasteiger partial charge in [0.15, 0.2) is 0 Å². The fourth-order valence-corrected chi connectivity index (χ4v) is 3.12. The molecule has 2 N–H and O–H groups in total. The second-order valence-corrected chi connectivity index (χ2v) is 5.84. The van der Waals surface area contributed by atoms with E-state index >= 15 is 0 Å². The molecule has 134 valence electrons. The summed E-state index contributed by atoms with van der Waals surface area (Å²) in [6.07, 6.45) is -0.949. The first kappa shape index (κ1) is 17.2. The van der Waals surface area contributed by atoms with E-state index in [4.69, 9.17) is 5.11 Å². The van der Waals surface area contributed by atoms with E-state index in [1.54, 1.807) is 0 Å². The lowest BCUT2D eigenvalue weighted by Gasteiger charge is -2.31. The molecule has 0 spiro atoms. The lowest BCUT2D eigenvalue weighted by atomic mass is 9.90. The van der Waals surface area contributed by atoms with Crippen molar-refractivity contribution in [1.82, 2.24) is 10.2 Å². The average Bonchev–Trinajstić information content (AvgIpc) is 2.81. The van der Waals surface area contributed by atoms with Crippen LogP contribution in [0.4, 0.5) is 5.69 Å². The summed E-state index contributed by atoms with van der Waals surface area (Å²) in [4.78, 5) is 70.7. The van der Waals surface area contributed by atoms with Gasteiger partial charge in [-0.2, -0.15) is 0 Å². The number of nitrogens with zero attached hydrogens (tertiary/aromatic N) is 2. The highest BCUT2D eigenvalue weighted by molar-refractivity contribution is 6.25. The summed E-state index contributed by atoms with van der Waals surface area (Å²) in [6, 6.07) is 2.10. The minimum atomic E-state index is -1.43. The van der Waals surface area contributed by atoms with E-state index in [9.17, 15) is 34.1 Å². The Morgan fingerprint density at radius 3 is 2.54 bits per heavy atom. The molecule has 0 radical (unpaired) electrons. The molecule has 11 heteroatoms. The van der Waals surface area contributed by atoms with E-state index in [1.165, 1.54) is 12.1 Å². The number of hydrogen-bond acceptors (Lipinski definition) is 7. The first-order valence-corrected chi connectivity index (χ1v) is 7.44. The van der Waals surface area contributed by atoms with E-state index in [2.05, 4.69) is 0 Å². The minimum Gasteiger partial charge on any atom is -0.481 e. The molecule has 26 heavy (non-hydrogen) atoms. The van der Waals surface area contributed by atoms with Gasteiger partial charge >= 0.3 is 5.97 Å². The molecule has 1 fully saturated rings. The molecule has 2 atom stereocenters. The number of aliphatic carboxylic acids is 1. The van der Waals surface area contributed by atoms with Gasteiger partial charge < -0.3 is 5.11 Å². The van der Waals surface area contributed by atoms with Crippen molar-refractivity contribution in [3.63, 3.8) is 0 Å². The summed E-state index contributed by atoms with van der Waals surface area (Å²) < 4.78 is 0. The fourth-order valence-electron chi connectivity index (χ4n) is 3.12. The van der Waals surface area contributed by atoms with Crippen molar-refractivity contribution in [3.8, 4) is 0 Å². The van der Waals surface area contributed by atoms with E-state index < -0.39 is 64.2 Å². The molecular weight excluding hydrogens is 350 g/mol. The van der Waals surface area contributed by atoms with Crippen LogP contribution in [0.3, 0.4) is 0 Å². The van der Waals surface area contributed by atoms with Crippen molar-refractivity contribution in [3.05, 3.63) is 39.4 Å². The SMILES string of the molecule is O=C(O)CC1CC(N2C(=O)c3cccc([N+](=O)[O-])c3C2=O)C(=O)NC1=O. The summed E-state index contributed by atoms with van der Waals surface area (Å²) in [5.41, 5.74) is -1.22. The van der Waals surface area contributed by atoms with Gasteiger partial charge in [0.1, 0.15) is 11.6 Å². The van der Waals surface area contributed by atoms with Crippen LogP contribution in [0.1, 0.15) is 33.6 Å². The Morgan fingerprint density at radius 2 is 1.92 bits per heavy atom. The Balaban J connectivity index is 1.98. The number of nitrogens with one attached hydrogen (secondary N) is 1. The number of piperidine rings is 1. The highest BCUT2D eigenvalue weighted by Gasteiger charge is 2.49. The highest BCUT2D eigenvalue weighted by atomic mass is 16.6. The van der Waals surface area contributed by atoms with Crippen LogP contribution in [0, 0.1) is 16.0 Å². The second kappa shape index (κ2) is 6.02. The Kier molecular flexibility index (Phi) is 3.98. The van der Waals surface area contributed by atoms with E-state index in [-0.39, 0.29) is 12.0 Å². The second-order valence-electron chi connectivity index (χ2n) is 5.84. The molecule has 1 saturated heterocycles. The maximum atomic E-state index is 12.6. The number of nitro groups is 1. The van der Waals surface area contributed by atoms with Crippen LogP contribution in [-0.2, 0) is 14.4 Å². The summed E-state index contributed by atoms with van der Waals surface area (Å²) in [6.45, 7) is 0. The van der Waals surface area contributed by atoms with E-state index in [0.29, 0.717) is 4.90 Å². The smallest absolute Gasteiger partial charge is 0.304 e. The molecule has 4 amide bonds. The molecule has 0 aromatic heterocycles. The van der Waals surface area contributed by atoms with Crippen LogP contribution in [-0.4, -0.2) is 50.6 Å². The number of carboxylic acid groups (broad SMARTS) is 1. The van der Waals surface area contributed by atoms with Crippen LogP contribution in [0.2, 0.25) is 0 Å². The number of carbonyl (C=O) groups excluding carboxylic acids is 4. The third-order valence-electron chi connectivity index (χ3n) is 4.28. The summed E-state index contributed by atoms with van der Waals surface area (Å²) >= 11 is 0. The number of imide groups is 2. The van der Waals surface area contributed by atoms with E-state index in [1.807, 2.05) is 5.32 Å². The van der Waals surface area contributed by atoms with Gasteiger partial charge in [-0.3, -0.25) is 44.3 Å². The van der Waals surface area contributed by atoms with Crippen molar-refractivity contribution in [1.29, 1.82) is 0 Å². The Morgan fingerprint density at radius 1 is 1.23 bits per heavy atom. The van der Waals surface area contributed by atoms with Crippen LogP contribution >= 0.6 is 0 Å². The maximum Gasteiger partial charge on any atom is 0.304 e. The molecular formula is C15H11N3O8. The van der Waals surface area contributed by atoms with Gasteiger partial charge in [0.05, 0.1) is 22.8 Å². The van der Waals surface area contributed by atoms with Crippen LogP contribution in [0.25, 0.3) is 0 Å². The Labute approximate surface area is 144 Å². The molecule has 2 unspecified atom stereocenters. The van der Waals surface area contributed by atoms with Gasteiger partial charge in [-0.1, -0.05) is 6.07 Å². The molecule has 0 saturated carbocycles. The van der Waals surface area contributed by atoms with Crippen LogP contribution in [0.15, 0.2) is 18.2 Å². The predicted octanol–water partition coefficient (Wildman–Crippen LogP) is -0.303. The first-order valence-electron chi connectivity index (χ1n) is 7.44. The van der Waals surface area contributed by atoms with Gasteiger partial charge in [-0.15, -0.1) is 0 Å². The molecule has 11 nitrogen and oxygen atoms in total. The van der Waals surface area contributed by atoms with Gasteiger partial charge in [-0.05, 0) is 12.5 Å². The molecule has 0 aliphatic carbocycles. The zero-order valence-electron chi connectivity index (χ0n) is 13.0. The lowest BCUT2D eigenvalue weighted by Crippen LogP contribution is -2.57. The number of carboxylic acids is 1. The molecule has 3 rings (SSSR count). The largest absolute Gasteiger partial charge is 0.481 e. The first-order chi connectivity index (χ1) is 12.2. The molecule has 1 aromatic rings. The van der Waals surface area contributed by atoms with Crippen LogP contribution in [0.5, 0.6) is 0 Å². The van der Waals surface area contributed by atoms with Gasteiger partial charge in [0.25, 0.3) is 17.5 Å². The van der Waals surface area contributed by atoms with Gasteiger partial charge in [0, 0.05) is 6.07 Å². The lowest BCUT2D eigenvalue weighted by molar-refractivity contribution is -0.385. The standard InChI is InChI=1S/C15H11N3O8/c19-10(20)5-6-4-9(13(22)16-12(6)21)17-14(23)7-2-1-3-8(18(25)26)11(7)15(17)24/h1-3,6,9H,4-5H2,(H,19,20)(H,16,21,22). The third-order valence-corrected chi connectivity index (χ3v) is 4.28. The fraction of sp³-hybridized carbons (Fsp3) is 0.267. The van der Waals surface area contributed by atoms with Gasteiger partial charge in [-0.25, -0.2) is 0 Å². The Hall–Kier alpha value is -3.63. The third kappa shape index (κ3) is 2.59. The molecule has 2 aliphatic heterocycles. The summed E-state index contributed by atoms with van der Waals surface area (Å²) in [5, 5.41) is 21.9. The summed E-state index contributed by atoms with van der Waals surface area (Å²) in [5.74, 6) is -6.08. The Bertz CT molecular complexity index is 893. The van der Waals surface area contributed by atoms with Crippen molar-refractivity contribution in [2.24, 2.45) is 5.92 Å². The van der Waals surface area contributed by atoms with Crippen molar-refractivity contribution in [2.45, 2.75) is 18.9 Å². The quantitative estimate of drug-likeness (QED) is 0.419. The van der Waals surface area contributed by atoms with Crippen molar-refractivity contribution in [2.75, 3.05) is 0 Å². The topological polar surface area (TPSA) is 164 Å². The van der Waals surface area contributed by atoms with Gasteiger partial charge in [0.2, 0.25) is 11.8 Å². The maximum absolute atomic E-state index is 12.6. The number of nitro benzene ring substituents is 1. The minimum absolute atomic E-state index is 0.219. The number of amides is 4. The van der Waals surface area contributed by atoms with E-state index in [0.717, 1.165) is 6.07 Å². The highest BCUT2D eigenvalue weighted by Crippen LogP contribution is 2.34. The monoisotopic (exact) mass is 361 g/mol. The van der Waals surface area contributed by atoms with Crippen molar-refractivity contribution >= 4 is 35.3 Å². The van der Waals surface area contributed by atoms with Crippen LogP contribution < -0.4 is 5.32 Å². The number of benzene rings is 1. The summed E-state index contributed by atoms with van der Waals surface area (Å²) in [7, 11) is 0. The molecule has 1 aromatic carbocycles. The van der Waals surface area contributed by atoms with Crippen molar-refractivity contribution < 1.29 is 34.0 Å². The number of rotatable bonds is 4. The number of carbonyl (C=O) groups is 5. The molecule has 2 aliphatic rings. The molecule has 0 bridgehead atoms. The predicted molar refractivity (Wildman–Crippen MR) is 80.9 cm³/mol. The normalized spacial score (nSPS) is 22.2. The zero-order chi connectivity index (χ0) is 19.2. The number of hydrogen-bond donors (Lipinski definition) is 2. The number of fused-ring (bicyclic) bond motifs is 1.